The molecule has 1 heterocycles. The first-order valence-corrected chi connectivity index (χ1v) is 8.09. The summed E-state index contributed by atoms with van der Waals surface area (Å²) in [4.78, 5) is 27.9. The second kappa shape index (κ2) is 6.64. The van der Waals surface area contributed by atoms with Crippen molar-refractivity contribution in [2.24, 2.45) is 0 Å². The van der Waals surface area contributed by atoms with Crippen LogP contribution in [0.5, 0.6) is 0 Å². The lowest BCUT2D eigenvalue weighted by atomic mass is 10.1. The summed E-state index contributed by atoms with van der Waals surface area (Å²) in [5.41, 5.74) is 2.96. The average molecular weight is 338 g/mol. The Labute approximate surface area is 142 Å². The first-order chi connectivity index (χ1) is 11.5. The van der Waals surface area contributed by atoms with Crippen LogP contribution in [0.1, 0.15) is 26.3 Å². The minimum Gasteiger partial charge on any atom is -0.478 e. The summed E-state index contributed by atoms with van der Waals surface area (Å²) in [6.07, 6.45) is 0. The summed E-state index contributed by atoms with van der Waals surface area (Å²) in [7, 11) is 0. The van der Waals surface area contributed by atoms with Gasteiger partial charge in [0.1, 0.15) is 0 Å². The zero-order valence-corrected chi connectivity index (χ0v) is 13.6. The van der Waals surface area contributed by atoms with Gasteiger partial charge in [0.25, 0.3) is 5.91 Å². The molecular weight excluding hydrogens is 324 g/mol. The molecule has 2 N–H and O–H groups in total. The minimum atomic E-state index is -1.14. The highest BCUT2D eigenvalue weighted by Gasteiger charge is 2.17. The number of aromatic carboxylic acids is 1. The van der Waals surface area contributed by atoms with Gasteiger partial charge < -0.3 is 5.11 Å². The van der Waals surface area contributed by atoms with Gasteiger partial charge in [0.15, 0.2) is 5.13 Å². The molecule has 0 radical (unpaired) electrons. The molecule has 0 saturated heterocycles. The molecule has 24 heavy (non-hydrogen) atoms. The quantitative estimate of drug-likeness (QED) is 0.751. The molecule has 1 aromatic heterocycles. The van der Waals surface area contributed by atoms with E-state index in [9.17, 15) is 9.59 Å². The number of hydrogen-bond donors (Lipinski definition) is 2. The van der Waals surface area contributed by atoms with Crippen LogP contribution in [0.15, 0.2) is 53.9 Å². The van der Waals surface area contributed by atoms with Crippen molar-refractivity contribution in [1.29, 1.82) is 0 Å². The summed E-state index contributed by atoms with van der Waals surface area (Å²) < 4.78 is 0. The molecule has 5 nitrogen and oxygen atoms in total. The predicted octanol–water partition coefficient (Wildman–Crippen LogP) is 4.07. The number of rotatable bonds is 4. The van der Waals surface area contributed by atoms with Crippen molar-refractivity contribution in [3.8, 4) is 11.3 Å². The van der Waals surface area contributed by atoms with Crippen molar-refractivity contribution in [1.82, 2.24) is 4.98 Å². The van der Waals surface area contributed by atoms with Crippen LogP contribution in [0.2, 0.25) is 0 Å². The highest BCUT2D eigenvalue weighted by Crippen LogP contribution is 2.25. The first kappa shape index (κ1) is 15.9. The normalized spacial score (nSPS) is 10.4. The third-order valence-electron chi connectivity index (χ3n) is 3.47. The summed E-state index contributed by atoms with van der Waals surface area (Å²) in [6.45, 7) is 2.01. The molecule has 0 aliphatic heterocycles. The van der Waals surface area contributed by atoms with Crippen LogP contribution >= 0.6 is 11.3 Å². The Morgan fingerprint density at radius 3 is 2.38 bits per heavy atom. The van der Waals surface area contributed by atoms with E-state index in [0.29, 0.717) is 5.13 Å². The summed E-state index contributed by atoms with van der Waals surface area (Å²) in [5, 5.41) is 14.1. The van der Waals surface area contributed by atoms with Gasteiger partial charge in [0.2, 0.25) is 0 Å². The Morgan fingerprint density at radius 2 is 1.71 bits per heavy atom. The molecule has 2 aromatic carbocycles. The fourth-order valence-electron chi connectivity index (χ4n) is 2.22. The smallest absolute Gasteiger partial charge is 0.336 e. The molecule has 0 fully saturated rings. The lowest BCUT2D eigenvalue weighted by Crippen LogP contribution is -2.16. The molecule has 0 unspecified atom stereocenters. The molecule has 0 saturated carbocycles. The molecule has 0 bridgehead atoms. The van der Waals surface area contributed by atoms with Crippen molar-refractivity contribution >= 4 is 28.3 Å². The Morgan fingerprint density at radius 1 is 1.04 bits per heavy atom. The minimum absolute atomic E-state index is 0.0367. The predicted molar refractivity (Wildman–Crippen MR) is 93.6 cm³/mol. The fraction of sp³-hybridized carbons (Fsp3) is 0.0556. The molecule has 3 rings (SSSR count). The first-order valence-electron chi connectivity index (χ1n) is 7.21. The topological polar surface area (TPSA) is 79.3 Å². The average Bonchev–Trinajstić information content (AvgIpc) is 3.04. The van der Waals surface area contributed by atoms with Crippen molar-refractivity contribution in [2.45, 2.75) is 6.92 Å². The van der Waals surface area contributed by atoms with E-state index in [1.54, 1.807) is 12.1 Å². The molecule has 1 amide bonds. The largest absolute Gasteiger partial charge is 0.478 e. The number of carbonyl (C=O) groups excluding carboxylic acids is 1. The number of amides is 1. The number of benzene rings is 2. The van der Waals surface area contributed by atoms with Crippen LogP contribution < -0.4 is 5.32 Å². The van der Waals surface area contributed by atoms with E-state index in [1.165, 1.54) is 23.5 Å². The maximum atomic E-state index is 12.3. The number of carboxylic acids is 1. The van der Waals surface area contributed by atoms with Crippen LogP contribution in [-0.4, -0.2) is 22.0 Å². The van der Waals surface area contributed by atoms with E-state index in [-0.39, 0.29) is 11.1 Å². The van der Waals surface area contributed by atoms with Gasteiger partial charge in [0, 0.05) is 10.9 Å². The van der Waals surface area contributed by atoms with E-state index < -0.39 is 11.9 Å². The number of hydrogen-bond acceptors (Lipinski definition) is 4. The van der Waals surface area contributed by atoms with Gasteiger partial charge >= 0.3 is 5.97 Å². The van der Waals surface area contributed by atoms with Gasteiger partial charge in [-0.3, -0.25) is 10.1 Å². The number of anilines is 1. The van der Waals surface area contributed by atoms with Crippen LogP contribution in [-0.2, 0) is 0 Å². The Kier molecular flexibility index (Phi) is 4.39. The number of thiazole rings is 1. The number of nitrogens with one attached hydrogen (secondary N) is 1. The van der Waals surface area contributed by atoms with Crippen molar-refractivity contribution in [3.63, 3.8) is 0 Å². The van der Waals surface area contributed by atoms with E-state index in [1.807, 2.05) is 36.6 Å². The van der Waals surface area contributed by atoms with E-state index in [0.717, 1.165) is 16.8 Å². The molecule has 120 valence electrons. The van der Waals surface area contributed by atoms with Crippen LogP contribution in [0.4, 0.5) is 5.13 Å². The number of aryl methyl sites for hydroxylation is 1. The molecule has 6 heteroatoms. The SMILES string of the molecule is Cc1ccc(-c2csc(NC(=O)c3ccccc3C(=O)O)n2)cc1. The van der Waals surface area contributed by atoms with Crippen LogP contribution in [0, 0.1) is 6.92 Å². The maximum absolute atomic E-state index is 12.3. The number of carbonyl (C=O) groups is 2. The van der Waals surface area contributed by atoms with Gasteiger partial charge in [-0.1, -0.05) is 42.0 Å². The van der Waals surface area contributed by atoms with E-state index >= 15 is 0 Å². The molecule has 0 aliphatic rings. The Bertz CT molecular complexity index is 901. The van der Waals surface area contributed by atoms with Gasteiger partial charge in [-0.25, -0.2) is 9.78 Å². The van der Waals surface area contributed by atoms with Gasteiger partial charge in [0.05, 0.1) is 16.8 Å². The zero-order valence-electron chi connectivity index (χ0n) is 12.8. The summed E-state index contributed by atoms with van der Waals surface area (Å²) >= 11 is 1.30. The lowest BCUT2D eigenvalue weighted by molar-refractivity contribution is 0.0692. The summed E-state index contributed by atoms with van der Waals surface area (Å²) in [5.74, 6) is -1.63. The molecule has 0 aliphatic carbocycles. The van der Waals surface area contributed by atoms with Gasteiger partial charge in [-0.2, -0.15) is 0 Å². The van der Waals surface area contributed by atoms with Crippen molar-refractivity contribution < 1.29 is 14.7 Å². The number of carboxylic acid groups (broad SMARTS) is 1. The number of nitrogens with zero attached hydrogens (tertiary/aromatic N) is 1. The summed E-state index contributed by atoms with van der Waals surface area (Å²) in [6, 6.07) is 14.0. The second-order valence-corrected chi connectivity index (χ2v) is 6.07. The highest BCUT2D eigenvalue weighted by atomic mass is 32.1. The van der Waals surface area contributed by atoms with Gasteiger partial charge in [-0.05, 0) is 19.1 Å². The third kappa shape index (κ3) is 3.33. The third-order valence-corrected chi connectivity index (χ3v) is 4.23. The molecule has 0 atom stereocenters. The van der Waals surface area contributed by atoms with Crippen LogP contribution in [0.3, 0.4) is 0 Å². The molecule has 0 spiro atoms. The standard InChI is InChI=1S/C18H14N2O3S/c1-11-6-8-12(9-7-11)15-10-24-18(19-15)20-16(21)13-4-2-3-5-14(13)17(22)23/h2-10H,1H3,(H,22,23)(H,19,20,21). The van der Waals surface area contributed by atoms with Gasteiger partial charge in [-0.15, -0.1) is 11.3 Å². The Balaban J connectivity index is 1.81. The lowest BCUT2D eigenvalue weighted by Gasteiger charge is -2.05. The van der Waals surface area contributed by atoms with Crippen LogP contribution in [0.25, 0.3) is 11.3 Å². The Hall–Kier alpha value is -2.99. The maximum Gasteiger partial charge on any atom is 0.336 e. The fourth-order valence-corrected chi connectivity index (χ4v) is 2.93. The zero-order chi connectivity index (χ0) is 17.1. The molecular formula is C18H14N2O3S. The molecule has 3 aromatic rings. The highest BCUT2D eigenvalue weighted by molar-refractivity contribution is 7.14. The van der Waals surface area contributed by atoms with Crippen molar-refractivity contribution in [3.05, 3.63) is 70.6 Å². The second-order valence-electron chi connectivity index (χ2n) is 5.21. The van der Waals surface area contributed by atoms with E-state index in [4.69, 9.17) is 5.11 Å². The van der Waals surface area contributed by atoms with E-state index in [2.05, 4.69) is 10.3 Å². The monoisotopic (exact) mass is 338 g/mol. The number of aromatic nitrogens is 1. The van der Waals surface area contributed by atoms with Crippen molar-refractivity contribution in [2.75, 3.05) is 5.32 Å².